The maximum absolute atomic E-state index is 12.6. The SMILES string of the molecule is Cc1cc(C=O)ccc1N1CCC(C(F)(F)F)CC1. The highest BCUT2D eigenvalue weighted by Gasteiger charge is 2.41. The van der Waals surface area contributed by atoms with Crippen LogP contribution in [0.25, 0.3) is 0 Å². The van der Waals surface area contributed by atoms with Crippen molar-refractivity contribution >= 4 is 12.0 Å². The number of hydrogen-bond donors (Lipinski definition) is 0. The van der Waals surface area contributed by atoms with Crippen LogP contribution in [-0.4, -0.2) is 25.6 Å². The van der Waals surface area contributed by atoms with E-state index in [0.717, 1.165) is 17.5 Å². The van der Waals surface area contributed by atoms with Crippen LogP contribution in [0.15, 0.2) is 18.2 Å². The molecule has 2 nitrogen and oxygen atoms in total. The summed E-state index contributed by atoms with van der Waals surface area (Å²) in [5, 5.41) is 0. The topological polar surface area (TPSA) is 20.3 Å². The van der Waals surface area contributed by atoms with E-state index in [1.54, 1.807) is 12.1 Å². The highest BCUT2D eigenvalue weighted by molar-refractivity contribution is 5.77. The second kappa shape index (κ2) is 5.23. The third kappa shape index (κ3) is 3.08. The lowest BCUT2D eigenvalue weighted by molar-refractivity contribution is -0.179. The predicted octanol–water partition coefficient (Wildman–Crippen LogP) is 3.59. The average molecular weight is 271 g/mol. The Labute approximate surface area is 110 Å². The second-order valence-corrected chi connectivity index (χ2v) is 4.97. The van der Waals surface area contributed by atoms with Gasteiger partial charge in [0.2, 0.25) is 0 Å². The number of piperidine rings is 1. The zero-order chi connectivity index (χ0) is 14.0. The molecule has 1 saturated heterocycles. The standard InChI is InChI=1S/C14H16F3NO/c1-10-8-11(9-19)2-3-13(10)18-6-4-12(5-7-18)14(15,16)17/h2-3,8-9,12H,4-7H2,1H3. The molecule has 1 aliphatic heterocycles. The Kier molecular flexibility index (Phi) is 3.83. The van der Waals surface area contributed by atoms with Gasteiger partial charge in [-0.25, -0.2) is 0 Å². The van der Waals surface area contributed by atoms with E-state index in [0.29, 0.717) is 18.7 Å². The summed E-state index contributed by atoms with van der Waals surface area (Å²) in [4.78, 5) is 12.6. The molecule has 0 amide bonds. The molecule has 0 aromatic heterocycles. The fraction of sp³-hybridized carbons (Fsp3) is 0.500. The first-order chi connectivity index (χ1) is 8.91. The van der Waals surface area contributed by atoms with E-state index < -0.39 is 12.1 Å². The molecule has 0 saturated carbocycles. The molecule has 1 aromatic rings. The van der Waals surface area contributed by atoms with E-state index in [1.165, 1.54) is 0 Å². The van der Waals surface area contributed by atoms with Crippen LogP contribution in [0, 0.1) is 12.8 Å². The molecule has 0 N–H and O–H groups in total. The summed E-state index contributed by atoms with van der Waals surface area (Å²) < 4.78 is 37.8. The molecule has 0 bridgehead atoms. The Bertz CT molecular complexity index is 462. The normalized spacial score (nSPS) is 17.6. The van der Waals surface area contributed by atoms with Crippen LogP contribution in [0.1, 0.15) is 28.8 Å². The average Bonchev–Trinajstić information content (AvgIpc) is 2.37. The molecule has 1 aromatic carbocycles. The summed E-state index contributed by atoms with van der Waals surface area (Å²) in [6.07, 6.45) is -3.04. The van der Waals surface area contributed by atoms with E-state index in [9.17, 15) is 18.0 Å². The fourth-order valence-corrected chi connectivity index (χ4v) is 2.55. The highest BCUT2D eigenvalue weighted by Crippen LogP contribution is 2.35. The summed E-state index contributed by atoms with van der Waals surface area (Å²) in [6.45, 7) is 2.69. The van der Waals surface area contributed by atoms with Gasteiger partial charge in [-0.15, -0.1) is 0 Å². The Morgan fingerprint density at radius 3 is 2.37 bits per heavy atom. The van der Waals surface area contributed by atoms with Crippen molar-refractivity contribution in [2.75, 3.05) is 18.0 Å². The van der Waals surface area contributed by atoms with Crippen molar-refractivity contribution in [3.8, 4) is 0 Å². The molecule has 0 unspecified atom stereocenters. The van der Waals surface area contributed by atoms with E-state index in [-0.39, 0.29) is 12.8 Å². The molecule has 104 valence electrons. The van der Waals surface area contributed by atoms with Crippen molar-refractivity contribution in [2.45, 2.75) is 25.9 Å². The van der Waals surface area contributed by atoms with Gasteiger partial charge in [-0.05, 0) is 43.5 Å². The van der Waals surface area contributed by atoms with Crippen LogP contribution >= 0.6 is 0 Å². The monoisotopic (exact) mass is 271 g/mol. The van der Waals surface area contributed by atoms with Gasteiger partial charge in [0.15, 0.2) is 0 Å². The van der Waals surface area contributed by atoms with Gasteiger partial charge in [0.05, 0.1) is 5.92 Å². The van der Waals surface area contributed by atoms with Crippen LogP contribution in [0.3, 0.4) is 0 Å². The molecular formula is C14H16F3NO. The number of aryl methyl sites for hydroxylation is 1. The first-order valence-electron chi connectivity index (χ1n) is 6.29. The lowest BCUT2D eigenvalue weighted by Crippen LogP contribution is -2.39. The van der Waals surface area contributed by atoms with Gasteiger partial charge < -0.3 is 4.90 Å². The summed E-state index contributed by atoms with van der Waals surface area (Å²) in [7, 11) is 0. The van der Waals surface area contributed by atoms with Crippen LogP contribution in [0.5, 0.6) is 0 Å². The first kappa shape index (κ1) is 13.9. The van der Waals surface area contributed by atoms with Crippen molar-refractivity contribution in [2.24, 2.45) is 5.92 Å². The Morgan fingerprint density at radius 1 is 1.26 bits per heavy atom. The Morgan fingerprint density at radius 2 is 1.89 bits per heavy atom. The van der Waals surface area contributed by atoms with Gasteiger partial charge in [-0.1, -0.05) is 0 Å². The molecule has 1 aliphatic rings. The number of rotatable bonds is 2. The molecule has 0 aliphatic carbocycles. The number of halogens is 3. The molecule has 0 radical (unpaired) electrons. The third-order valence-electron chi connectivity index (χ3n) is 3.66. The maximum atomic E-state index is 12.6. The molecule has 19 heavy (non-hydrogen) atoms. The number of nitrogens with zero attached hydrogens (tertiary/aromatic N) is 1. The predicted molar refractivity (Wildman–Crippen MR) is 67.6 cm³/mol. The summed E-state index contributed by atoms with van der Waals surface area (Å²) in [6, 6.07) is 5.27. The van der Waals surface area contributed by atoms with Gasteiger partial charge in [-0.3, -0.25) is 4.79 Å². The van der Waals surface area contributed by atoms with Crippen molar-refractivity contribution in [1.82, 2.24) is 0 Å². The lowest BCUT2D eigenvalue weighted by Gasteiger charge is -2.35. The summed E-state index contributed by atoms with van der Waals surface area (Å²) in [5.41, 5.74) is 2.44. The molecule has 5 heteroatoms. The number of anilines is 1. The van der Waals surface area contributed by atoms with E-state index in [2.05, 4.69) is 0 Å². The minimum Gasteiger partial charge on any atom is -0.371 e. The van der Waals surface area contributed by atoms with Crippen LogP contribution in [0.2, 0.25) is 0 Å². The number of alkyl halides is 3. The quantitative estimate of drug-likeness (QED) is 0.766. The first-order valence-corrected chi connectivity index (χ1v) is 6.29. The second-order valence-electron chi connectivity index (χ2n) is 4.97. The molecule has 1 fully saturated rings. The van der Waals surface area contributed by atoms with Crippen LogP contribution in [0.4, 0.5) is 18.9 Å². The maximum Gasteiger partial charge on any atom is 0.391 e. The highest BCUT2D eigenvalue weighted by atomic mass is 19.4. The van der Waals surface area contributed by atoms with Gasteiger partial charge in [0.25, 0.3) is 0 Å². The lowest BCUT2D eigenvalue weighted by atomic mass is 9.95. The number of aldehydes is 1. The Balaban J connectivity index is 2.08. The zero-order valence-corrected chi connectivity index (χ0v) is 10.7. The number of carbonyl (C=O) groups excluding carboxylic acids is 1. The van der Waals surface area contributed by atoms with Crippen molar-refractivity contribution in [1.29, 1.82) is 0 Å². The van der Waals surface area contributed by atoms with Crippen LogP contribution in [-0.2, 0) is 0 Å². The molecular weight excluding hydrogens is 255 g/mol. The van der Waals surface area contributed by atoms with E-state index in [4.69, 9.17) is 0 Å². The fourth-order valence-electron chi connectivity index (χ4n) is 2.55. The van der Waals surface area contributed by atoms with Crippen molar-refractivity contribution in [3.63, 3.8) is 0 Å². The summed E-state index contributed by atoms with van der Waals surface area (Å²) >= 11 is 0. The smallest absolute Gasteiger partial charge is 0.371 e. The Hall–Kier alpha value is -1.52. The van der Waals surface area contributed by atoms with Crippen LogP contribution < -0.4 is 4.90 Å². The van der Waals surface area contributed by atoms with Crippen molar-refractivity contribution < 1.29 is 18.0 Å². The number of benzene rings is 1. The third-order valence-corrected chi connectivity index (χ3v) is 3.66. The van der Waals surface area contributed by atoms with Gasteiger partial charge >= 0.3 is 6.18 Å². The molecule has 2 rings (SSSR count). The molecule has 1 heterocycles. The van der Waals surface area contributed by atoms with Crippen molar-refractivity contribution in [3.05, 3.63) is 29.3 Å². The van der Waals surface area contributed by atoms with Gasteiger partial charge in [0.1, 0.15) is 6.29 Å². The van der Waals surface area contributed by atoms with Gasteiger partial charge in [0, 0.05) is 24.3 Å². The summed E-state index contributed by atoms with van der Waals surface area (Å²) in [5.74, 6) is -1.18. The van der Waals surface area contributed by atoms with Gasteiger partial charge in [-0.2, -0.15) is 13.2 Å². The molecule has 0 atom stereocenters. The number of hydrogen-bond acceptors (Lipinski definition) is 2. The number of carbonyl (C=O) groups is 1. The minimum atomic E-state index is -4.08. The largest absolute Gasteiger partial charge is 0.391 e. The molecule has 0 spiro atoms. The van der Waals surface area contributed by atoms with E-state index in [1.807, 2.05) is 17.9 Å². The minimum absolute atomic E-state index is 0.137. The van der Waals surface area contributed by atoms with E-state index >= 15 is 0 Å². The zero-order valence-electron chi connectivity index (χ0n) is 10.7.